The number of carbonyl (C=O) groups excluding carboxylic acids is 1. The van der Waals surface area contributed by atoms with Gasteiger partial charge >= 0.3 is 5.97 Å². The van der Waals surface area contributed by atoms with E-state index in [0.29, 0.717) is 6.42 Å². The molecular weight excluding hydrogens is 182 g/mol. The summed E-state index contributed by atoms with van der Waals surface area (Å²) in [5.41, 5.74) is 0. The van der Waals surface area contributed by atoms with Gasteiger partial charge in [-0.05, 0) is 18.9 Å². The molecule has 2 unspecified atom stereocenters. The fourth-order valence-electron chi connectivity index (χ4n) is 1.04. The Morgan fingerprint density at radius 3 is 2.43 bits per heavy atom. The van der Waals surface area contributed by atoms with E-state index in [1.165, 1.54) is 6.08 Å². The lowest BCUT2D eigenvalue weighted by molar-refractivity contribution is -0.142. The molecule has 0 heterocycles. The smallest absolute Gasteiger partial charge is 0.326 e. The Labute approximate surface area is 84.0 Å². The molecule has 0 aromatic carbocycles. The van der Waals surface area contributed by atoms with E-state index in [1.807, 2.05) is 6.92 Å². The molecule has 0 rings (SSSR count). The van der Waals surface area contributed by atoms with Gasteiger partial charge in [-0.15, -0.1) is 0 Å². The number of carboxylic acid groups (broad SMARTS) is 1. The van der Waals surface area contributed by atoms with Gasteiger partial charge in [-0.2, -0.15) is 0 Å². The van der Waals surface area contributed by atoms with Gasteiger partial charge in [0.05, 0.1) is 0 Å². The van der Waals surface area contributed by atoms with Gasteiger partial charge in [0.2, 0.25) is 5.91 Å². The van der Waals surface area contributed by atoms with E-state index < -0.39 is 12.0 Å². The van der Waals surface area contributed by atoms with E-state index in [4.69, 9.17) is 5.11 Å². The van der Waals surface area contributed by atoms with Crippen LogP contribution in [0.25, 0.3) is 0 Å². The molecule has 0 saturated carbocycles. The second-order valence-electron chi connectivity index (χ2n) is 3.21. The standard InChI is InChI=1S/C10H17NO3/c1-4-6-8(12)11-9(10(13)14)7(3)5-2/h4,6-7,9H,5H2,1-3H3,(H,11,12)(H,13,14)/b6-4+. The van der Waals surface area contributed by atoms with Gasteiger partial charge < -0.3 is 10.4 Å². The van der Waals surface area contributed by atoms with Crippen molar-refractivity contribution >= 4 is 11.9 Å². The van der Waals surface area contributed by atoms with E-state index in [2.05, 4.69) is 5.32 Å². The van der Waals surface area contributed by atoms with Crippen molar-refractivity contribution < 1.29 is 14.7 Å². The maximum atomic E-state index is 11.1. The lowest BCUT2D eigenvalue weighted by Gasteiger charge is -2.19. The summed E-state index contributed by atoms with van der Waals surface area (Å²) in [6.07, 6.45) is 3.61. The van der Waals surface area contributed by atoms with Gasteiger partial charge in [0, 0.05) is 0 Å². The van der Waals surface area contributed by atoms with Crippen molar-refractivity contribution in [1.82, 2.24) is 5.32 Å². The molecule has 4 heteroatoms. The summed E-state index contributed by atoms with van der Waals surface area (Å²) in [5.74, 6) is -1.42. The third kappa shape index (κ3) is 4.07. The highest BCUT2D eigenvalue weighted by molar-refractivity contribution is 5.91. The van der Waals surface area contributed by atoms with Crippen molar-refractivity contribution in [2.75, 3.05) is 0 Å². The lowest BCUT2D eigenvalue weighted by atomic mass is 9.99. The summed E-state index contributed by atoms with van der Waals surface area (Å²) < 4.78 is 0. The monoisotopic (exact) mass is 199 g/mol. The minimum Gasteiger partial charge on any atom is -0.480 e. The predicted octanol–water partition coefficient (Wildman–Crippen LogP) is 1.18. The summed E-state index contributed by atoms with van der Waals surface area (Å²) in [7, 11) is 0. The summed E-state index contributed by atoms with van der Waals surface area (Å²) in [4.78, 5) is 21.9. The van der Waals surface area contributed by atoms with Gasteiger partial charge in [0.15, 0.2) is 0 Å². The van der Waals surface area contributed by atoms with Crippen molar-refractivity contribution in [3.05, 3.63) is 12.2 Å². The van der Waals surface area contributed by atoms with Crippen molar-refractivity contribution in [2.24, 2.45) is 5.92 Å². The third-order valence-electron chi connectivity index (χ3n) is 2.09. The predicted molar refractivity (Wildman–Crippen MR) is 53.8 cm³/mol. The first kappa shape index (κ1) is 12.7. The minimum atomic E-state index is -0.989. The number of carbonyl (C=O) groups is 2. The Kier molecular flexibility index (Phi) is 5.60. The number of rotatable bonds is 5. The SMILES string of the molecule is C/C=C/C(=O)NC(C(=O)O)C(C)CC. The quantitative estimate of drug-likeness (QED) is 0.653. The highest BCUT2D eigenvalue weighted by Crippen LogP contribution is 2.07. The van der Waals surface area contributed by atoms with Crippen LogP contribution in [0.1, 0.15) is 27.2 Å². The fraction of sp³-hybridized carbons (Fsp3) is 0.600. The molecule has 2 atom stereocenters. The summed E-state index contributed by atoms with van der Waals surface area (Å²) in [6.45, 7) is 5.40. The Morgan fingerprint density at radius 1 is 1.50 bits per heavy atom. The number of hydrogen-bond donors (Lipinski definition) is 2. The van der Waals surface area contributed by atoms with Gasteiger partial charge in [-0.1, -0.05) is 26.3 Å². The van der Waals surface area contributed by atoms with Crippen molar-refractivity contribution in [3.63, 3.8) is 0 Å². The van der Waals surface area contributed by atoms with Crippen LogP contribution in [0.2, 0.25) is 0 Å². The van der Waals surface area contributed by atoms with E-state index >= 15 is 0 Å². The molecule has 0 aliphatic rings. The van der Waals surface area contributed by atoms with Gasteiger partial charge in [0.25, 0.3) is 0 Å². The molecule has 0 radical (unpaired) electrons. The first-order valence-electron chi connectivity index (χ1n) is 4.68. The molecule has 80 valence electrons. The first-order valence-corrected chi connectivity index (χ1v) is 4.68. The highest BCUT2D eigenvalue weighted by Gasteiger charge is 2.24. The zero-order valence-electron chi connectivity index (χ0n) is 8.78. The van der Waals surface area contributed by atoms with Crippen molar-refractivity contribution in [3.8, 4) is 0 Å². The van der Waals surface area contributed by atoms with Crippen LogP contribution in [0.3, 0.4) is 0 Å². The Hall–Kier alpha value is -1.32. The minimum absolute atomic E-state index is 0.0679. The maximum Gasteiger partial charge on any atom is 0.326 e. The number of nitrogens with one attached hydrogen (secondary N) is 1. The second kappa shape index (κ2) is 6.18. The normalized spacial score (nSPS) is 15.1. The van der Waals surface area contributed by atoms with Crippen LogP contribution in [-0.2, 0) is 9.59 Å². The molecule has 0 saturated heterocycles. The van der Waals surface area contributed by atoms with Crippen LogP contribution < -0.4 is 5.32 Å². The largest absolute Gasteiger partial charge is 0.480 e. The third-order valence-corrected chi connectivity index (χ3v) is 2.09. The molecule has 0 aromatic heterocycles. The van der Waals surface area contributed by atoms with E-state index in [9.17, 15) is 9.59 Å². The topological polar surface area (TPSA) is 66.4 Å². The van der Waals surface area contributed by atoms with Crippen LogP contribution in [0, 0.1) is 5.92 Å². The van der Waals surface area contributed by atoms with Crippen LogP contribution in [-0.4, -0.2) is 23.0 Å². The molecule has 0 aromatic rings. The first-order chi connectivity index (χ1) is 6.52. The molecule has 0 bridgehead atoms. The number of hydrogen-bond acceptors (Lipinski definition) is 2. The molecule has 0 aliphatic carbocycles. The van der Waals surface area contributed by atoms with Crippen molar-refractivity contribution in [1.29, 1.82) is 0 Å². The number of aliphatic carboxylic acids is 1. The molecule has 4 nitrogen and oxygen atoms in total. The van der Waals surface area contributed by atoms with Crippen LogP contribution in [0.5, 0.6) is 0 Å². The van der Waals surface area contributed by atoms with E-state index in [-0.39, 0.29) is 11.8 Å². The van der Waals surface area contributed by atoms with Gasteiger partial charge in [0.1, 0.15) is 6.04 Å². The summed E-state index contributed by atoms with van der Waals surface area (Å²) >= 11 is 0. The van der Waals surface area contributed by atoms with Gasteiger partial charge in [-0.3, -0.25) is 4.79 Å². The molecule has 0 spiro atoms. The second-order valence-corrected chi connectivity index (χ2v) is 3.21. The highest BCUT2D eigenvalue weighted by atomic mass is 16.4. The fourth-order valence-corrected chi connectivity index (χ4v) is 1.04. The van der Waals surface area contributed by atoms with E-state index in [1.54, 1.807) is 19.9 Å². The Balaban J connectivity index is 4.38. The molecule has 1 amide bonds. The molecule has 2 N–H and O–H groups in total. The number of allylic oxidation sites excluding steroid dienone is 1. The van der Waals surface area contributed by atoms with E-state index in [0.717, 1.165) is 0 Å². The number of amides is 1. The molecule has 0 fully saturated rings. The Morgan fingerprint density at radius 2 is 2.07 bits per heavy atom. The Bertz CT molecular complexity index is 236. The van der Waals surface area contributed by atoms with Crippen LogP contribution >= 0.6 is 0 Å². The van der Waals surface area contributed by atoms with Gasteiger partial charge in [-0.25, -0.2) is 4.79 Å². The molecule has 14 heavy (non-hydrogen) atoms. The zero-order chi connectivity index (χ0) is 11.1. The zero-order valence-corrected chi connectivity index (χ0v) is 8.78. The van der Waals surface area contributed by atoms with Crippen LogP contribution in [0.4, 0.5) is 0 Å². The molecule has 0 aliphatic heterocycles. The maximum absolute atomic E-state index is 11.1. The van der Waals surface area contributed by atoms with Crippen LogP contribution in [0.15, 0.2) is 12.2 Å². The summed E-state index contributed by atoms with van der Waals surface area (Å²) in [5, 5.41) is 11.3. The summed E-state index contributed by atoms with van der Waals surface area (Å²) in [6, 6.07) is -0.802. The molecular formula is C10H17NO3. The number of carboxylic acids is 1. The average molecular weight is 199 g/mol. The average Bonchev–Trinajstić information content (AvgIpc) is 2.13. The lowest BCUT2D eigenvalue weighted by Crippen LogP contribution is -2.44. The van der Waals surface area contributed by atoms with Crippen molar-refractivity contribution in [2.45, 2.75) is 33.2 Å².